The van der Waals surface area contributed by atoms with Gasteiger partial charge in [0.25, 0.3) is 0 Å². The minimum atomic E-state index is 0.0606. The Labute approximate surface area is 124 Å². The first-order valence-corrected chi connectivity index (χ1v) is 6.81. The van der Waals surface area contributed by atoms with Gasteiger partial charge in [0.2, 0.25) is 5.88 Å². The zero-order valence-corrected chi connectivity index (χ0v) is 12.5. The third-order valence-corrected chi connectivity index (χ3v) is 2.84. The van der Waals surface area contributed by atoms with Crippen LogP contribution in [0.2, 0.25) is 0 Å². The number of benzene rings is 1. The van der Waals surface area contributed by atoms with Crippen LogP contribution in [0.4, 0.5) is 5.69 Å². The first-order chi connectivity index (χ1) is 10.1. The predicted octanol–water partition coefficient (Wildman–Crippen LogP) is 3.20. The molecule has 21 heavy (non-hydrogen) atoms. The van der Waals surface area contributed by atoms with Crippen LogP contribution in [0.15, 0.2) is 36.5 Å². The van der Waals surface area contributed by atoms with Crippen molar-refractivity contribution in [2.45, 2.75) is 26.5 Å². The molecule has 0 atom stereocenters. The summed E-state index contributed by atoms with van der Waals surface area (Å²) in [5.74, 6) is 1.16. The molecule has 0 spiro atoms. The van der Waals surface area contributed by atoms with Crippen molar-refractivity contribution in [3.8, 4) is 17.4 Å². The number of phenols is 1. The highest BCUT2D eigenvalue weighted by Gasteiger charge is 2.07. The lowest BCUT2D eigenvalue weighted by Gasteiger charge is -2.14. The van der Waals surface area contributed by atoms with E-state index in [0.29, 0.717) is 18.2 Å². The van der Waals surface area contributed by atoms with Crippen LogP contribution in [0.25, 0.3) is 0 Å². The molecule has 0 saturated carbocycles. The third-order valence-electron chi connectivity index (χ3n) is 2.84. The number of rotatable bonds is 6. The van der Waals surface area contributed by atoms with Gasteiger partial charge in [0.1, 0.15) is 0 Å². The smallest absolute Gasteiger partial charge is 0.237 e. The number of aromatic nitrogens is 1. The van der Waals surface area contributed by atoms with Gasteiger partial charge < -0.3 is 19.9 Å². The van der Waals surface area contributed by atoms with Crippen LogP contribution in [0.5, 0.6) is 17.4 Å². The van der Waals surface area contributed by atoms with Crippen LogP contribution in [0, 0.1) is 0 Å². The van der Waals surface area contributed by atoms with Gasteiger partial charge in [0.05, 0.1) is 18.9 Å². The van der Waals surface area contributed by atoms with Gasteiger partial charge in [-0.3, -0.25) is 0 Å². The molecule has 0 amide bonds. The molecule has 2 N–H and O–H groups in total. The molecule has 0 fully saturated rings. The lowest BCUT2D eigenvalue weighted by molar-refractivity contribution is 0.234. The van der Waals surface area contributed by atoms with Gasteiger partial charge in [0, 0.05) is 12.7 Å². The highest BCUT2D eigenvalue weighted by atomic mass is 16.5. The third kappa shape index (κ3) is 4.02. The summed E-state index contributed by atoms with van der Waals surface area (Å²) in [6, 6.07) is 9.06. The molecule has 5 nitrogen and oxygen atoms in total. The maximum absolute atomic E-state index is 9.77. The largest absolute Gasteiger partial charge is 0.504 e. The quantitative estimate of drug-likeness (QED) is 0.854. The van der Waals surface area contributed by atoms with E-state index in [1.165, 1.54) is 7.11 Å². The van der Waals surface area contributed by atoms with E-state index in [9.17, 15) is 5.11 Å². The van der Waals surface area contributed by atoms with Crippen LogP contribution in [0.1, 0.15) is 19.4 Å². The highest BCUT2D eigenvalue weighted by molar-refractivity contribution is 5.53. The second-order valence-corrected chi connectivity index (χ2v) is 4.88. The Bertz CT molecular complexity index is 600. The summed E-state index contributed by atoms with van der Waals surface area (Å²) in [6.45, 7) is 4.47. The van der Waals surface area contributed by atoms with Crippen molar-refractivity contribution in [2.75, 3.05) is 12.4 Å². The first-order valence-electron chi connectivity index (χ1n) is 6.81. The Balaban J connectivity index is 2.08. The first kappa shape index (κ1) is 15.0. The van der Waals surface area contributed by atoms with E-state index in [1.807, 2.05) is 32.0 Å². The van der Waals surface area contributed by atoms with Crippen molar-refractivity contribution < 1.29 is 14.6 Å². The van der Waals surface area contributed by atoms with Crippen LogP contribution >= 0.6 is 0 Å². The van der Waals surface area contributed by atoms with Crippen molar-refractivity contribution in [2.24, 2.45) is 0 Å². The summed E-state index contributed by atoms with van der Waals surface area (Å²) in [5.41, 5.74) is 1.76. The highest BCUT2D eigenvalue weighted by Crippen LogP contribution is 2.27. The summed E-state index contributed by atoms with van der Waals surface area (Å²) < 4.78 is 10.7. The molecule has 5 heteroatoms. The van der Waals surface area contributed by atoms with Crippen molar-refractivity contribution in [1.29, 1.82) is 0 Å². The molecule has 0 aliphatic rings. The maximum atomic E-state index is 9.77. The molecule has 2 aromatic rings. The molecule has 0 aliphatic carbocycles. The van der Waals surface area contributed by atoms with E-state index >= 15 is 0 Å². The number of nitrogens with zero attached hydrogens (tertiary/aromatic N) is 1. The second-order valence-electron chi connectivity index (χ2n) is 4.88. The van der Waals surface area contributed by atoms with Gasteiger partial charge in [-0.15, -0.1) is 0 Å². The number of methoxy groups -OCH3 is 1. The number of phenolic OH excluding ortho intramolecular Hbond substituents is 1. The second kappa shape index (κ2) is 6.83. The van der Waals surface area contributed by atoms with E-state index in [-0.39, 0.29) is 11.9 Å². The lowest BCUT2D eigenvalue weighted by atomic mass is 10.2. The zero-order valence-electron chi connectivity index (χ0n) is 12.5. The number of ether oxygens (including phenoxy) is 2. The Kier molecular flexibility index (Phi) is 4.87. The number of pyridine rings is 1. The molecule has 0 unspecified atom stereocenters. The van der Waals surface area contributed by atoms with Crippen LogP contribution in [0.3, 0.4) is 0 Å². The van der Waals surface area contributed by atoms with Gasteiger partial charge in [0.15, 0.2) is 11.5 Å². The fourth-order valence-electron chi connectivity index (χ4n) is 1.89. The van der Waals surface area contributed by atoms with Gasteiger partial charge in [-0.05, 0) is 43.7 Å². The fraction of sp³-hybridized carbons (Fsp3) is 0.312. The molecular weight excluding hydrogens is 268 g/mol. The monoisotopic (exact) mass is 288 g/mol. The summed E-state index contributed by atoms with van der Waals surface area (Å²) >= 11 is 0. The topological polar surface area (TPSA) is 63.6 Å². The molecule has 0 aliphatic heterocycles. The zero-order chi connectivity index (χ0) is 15.2. The fourth-order valence-corrected chi connectivity index (χ4v) is 1.89. The Morgan fingerprint density at radius 3 is 2.76 bits per heavy atom. The summed E-state index contributed by atoms with van der Waals surface area (Å²) in [5, 5.41) is 13.0. The molecule has 1 aromatic heterocycles. The minimum Gasteiger partial charge on any atom is -0.504 e. The summed E-state index contributed by atoms with van der Waals surface area (Å²) in [6.07, 6.45) is 1.76. The number of hydrogen-bond donors (Lipinski definition) is 2. The molecule has 1 heterocycles. The maximum Gasteiger partial charge on any atom is 0.237 e. The molecular formula is C16H20N2O3. The average molecular weight is 288 g/mol. The van der Waals surface area contributed by atoms with E-state index in [0.717, 1.165) is 11.3 Å². The summed E-state index contributed by atoms with van der Waals surface area (Å²) in [4.78, 5) is 4.22. The molecule has 1 aromatic carbocycles. The molecule has 0 bridgehead atoms. The Hall–Kier alpha value is -2.43. The molecule has 112 valence electrons. The minimum absolute atomic E-state index is 0.0606. The molecule has 0 radical (unpaired) electrons. The van der Waals surface area contributed by atoms with Gasteiger partial charge >= 0.3 is 0 Å². The van der Waals surface area contributed by atoms with Crippen molar-refractivity contribution in [1.82, 2.24) is 4.98 Å². The SMILES string of the molecule is COc1ccc(CNc2cccnc2OC(C)C)cc1O. The van der Waals surface area contributed by atoms with Gasteiger partial charge in [-0.25, -0.2) is 4.98 Å². The van der Waals surface area contributed by atoms with Gasteiger partial charge in [-0.2, -0.15) is 0 Å². The van der Waals surface area contributed by atoms with E-state index < -0.39 is 0 Å². The number of nitrogens with one attached hydrogen (secondary N) is 1. The average Bonchev–Trinajstić information content (AvgIpc) is 2.46. The predicted molar refractivity (Wildman–Crippen MR) is 82.0 cm³/mol. The number of aromatic hydroxyl groups is 1. The number of anilines is 1. The molecule has 2 rings (SSSR count). The van der Waals surface area contributed by atoms with Crippen molar-refractivity contribution >= 4 is 5.69 Å². The standard InChI is InChI=1S/C16H20N2O3/c1-11(2)21-16-13(5-4-8-17-16)18-10-12-6-7-15(20-3)14(19)9-12/h4-9,11,18-19H,10H2,1-3H3. The van der Waals surface area contributed by atoms with E-state index in [1.54, 1.807) is 18.3 Å². The van der Waals surface area contributed by atoms with Gasteiger partial charge in [-0.1, -0.05) is 6.07 Å². The van der Waals surface area contributed by atoms with E-state index in [4.69, 9.17) is 9.47 Å². The van der Waals surface area contributed by atoms with Crippen LogP contribution < -0.4 is 14.8 Å². The van der Waals surface area contributed by atoms with Crippen molar-refractivity contribution in [3.63, 3.8) is 0 Å². The van der Waals surface area contributed by atoms with Crippen LogP contribution in [-0.2, 0) is 6.54 Å². The lowest BCUT2D eigenvalue weighted by Crippen LogP contribution is -2.10. The van der Waals surface area contributed by atoms with Crippen LogP contribution in [-0.4, -0.2) is 23.3 Å². The molecule has 0 saturated heterocycles. The summed E-state index contributed by atoms with van der Waals surface area (Å²) in [7, 11) is 1.53. The Morgan fingerprint density at radius 2 is 2.10 bits per heavy atom. The van der Waals surface area contributed by atoms with Crippen molar-refractivity contribution in [3.05, 3.63) is 42.1 Å². The number of hydrogen-bond acceptors (Lipinski definition) is 5. The van der Waals surface area contributed by atoms with E-state index in [2.05, 4.69) is 10.3 Å². The normalized spacial score (nSPS) is 10.5. The Morgan fingerprint density at radius 1 is 1.29 bits per heavy atom.